The molecule has 2 rings (SSSR count). The normalized spacial score (nSPS) is 16.1. The fraction of sp³-hybridized carbons (Fsp3) is 0.467. The first kappa shape index (κ1) is 11.4. The summed E-state index contributed by atoms with van der Waals surface area (Å²) in [6.07, 6.45) is 4.38. The average molecular weight is 216 g/mol. The van der Waals surface area contributed by atoms with Crippen LogP contribution >= 0.6 is 0 Å². The van der Waals surface area contributed by atoms with E-state index in [1.54, 1.807) is 0 Å². The fourth-order valence-electron chi connectivity index (χ4n) is 2.34. The predicted octanol–water partition coefficient (Wildman–Crippen LogP) is 3.28. The Morgan fingerprint density at radius 3 is 2.69 bits per heavy atom. The number of hydrogen-bond acceptors (Lipinski definition) is 1. The second-order valence-electron chi connectivity index (χ2n) is 4.98. The largest absolute Gasteiger partial charge is 0.396 e. The zero-order chi connectivity index (χ0) is 11.5. The van der Waals surface area contributed by atoms with Gasteiger partial charge in [0.1, 0.15) is 0 Å². The molecular weight excluding hydrogens is 196 g/mol. The van der Waals surface area contributed by atoms with Crippen LogP contribution in [0.1, 0.15) is 31.4 Å². The van der Waals surface area contributed by atoms with E-state index in [-0.39, 0.29) is 6.61 Å². The topological polar surface area (TPSA) is 20.2 Å². The van der Waals surface area contributed by atoms with Gasteiger partial charge in [0, 0.05) is 6.61 Å². The summed E-state index contributed by atoms with van der Waals surface area (Å²) in [6.45, 7) is 4.65. The maximum Gasteiger partial charge on any atom is 0.0464 e. The van der Waals surface area contributed by atoms with Crippen molar-refractivity contribution in [1.82, 2.24) is 0 Å². The number of fused-ring (bicyclic) bond motifs is 1. The highest BCUT2D eigenvalue weighted by atomic mass is 16.3. The molecule has 1 aliphatic carbocycles. The van der Waals surface area contributed by atoms with Crippen LogP contribution in [0.25, 0.3) is 5.57 Å². The van der Waals surface area contributed by atoms with Crippen LogP contribution in [0.4, 0.5) is 0 Å². The van der Waals surface area contributed by atoms with E-state index in [4.69, 9.17) is 0 Å². The lowest BCUT2D eigenvalue weighted by Crippen LogP contribution is -2.13. The predicted molar refractivity (Wildman–Crippen MR) is 68.2 cm³/mol. The molecule has 0 unspecified atom stereocenters. The molecule has 1 aromatic carbocycles. The lowest BCUT2D eigenvalue weighted by molar-refractivity contribution is 0.193. The minimum atomic E-state index is 0.289. The van der Waals surface area contributed by atoms with E-state index < -0.39 is 0 Å². The first-order chi connectivity index (χ1) is 7.72. The molecule has 0 saturated carbocycles. The number of aliphatic hydroxyl groups is 1. The summed E-state index contributed by atoms with van der Waals surface area (Å²) in [5.74, 6) is 0.927. The molecule has 0 heterocycles. The summed E-state index contributed by atoms with van der Waals surface area (Å²) in [5.41, 5.74) is 4.24. The third-order valence-corrected chi connectivity index (χ3v) is 3.59. The van der Waals surface area contributed by atoms with Crippen molar-refractivity contribution in [1.29, 1.82) is 0 Å². The number of hydrogen-bond donors (Lipinski definition) is 1. The molecule has 16 heavy (non-hydrogen) atoms. The molecular formula is C15H20O. The molecule has 1 aromatic rings. The lowest BCUT2D eigenvalue weighted by Gasteiger charge is -2.19. The average Bonchev–Trinajstić information content (AvgIpc) is 2.69. The maximum absolute atomic E-state index is 9.38. The highest BCUT2D eigenvalue weighted by Crippen LogP contribution is 2.33. The maximum atomic E-state index is 9.38. The Labute approximate surface area is 97.8 Å². The highest BCUT2D eigenvalue weighted by Gasteiger charge is 2.19. The van der Waals surface area contributed by atoms with Crippen LogP contribution in [0, 0.1) is 11.8 Å². The van der Waals surface area contributed by atoms with Crippen LogP contribution in [0.15, 0.2) is 30.3 Å². The van der Waals surface area contributed by atoms with E-state index in [9.17, 15) is 5.11 Å². The van der Waals surface area contributed by atoms with Crippen LogP contribution in [-0.4, -0.2) is 11.7 Å². The molecule has 1 nitrogen and oxygen atoms in total. The number of allylic oxidation sites excluding steroid dienone is 2. The zero-order valence-corrected chi connectivity index (χ0v) is 10.1. The first-order valence-electron chi connectivity index (χ1n) is 6.10. The number of rotatable bonds is 4. The van der Waals surface area contributed by atoms with E-state index >= 15 is 0 Å². The van der Waals surface area contributed by atoms with Crippen molar-refractivity contribution >= 4 is 5.57 Å². The molecule has 0 radical (unpaired) electrons. The second kappa shape index (κ2) is 4.84. The molecule has 0 spiro atoms. The Morgan fingerprint density at radius 2 is 2.00 bits per heavy atom. The minimum Gasteiger partial charge on any atom is -0.396 e. The van der Waals surface area contributed by atoms with Crippen molar-refractivity contribution < 1.29 is 5.11 Å². The zero-order valence-electron chi connectivity index (χ0n) is 10.1. The van der Waals surface area contributed by atoms with E-state index in [1.165, 1.54) is 16.7 Å². The van der Waals surface area contributed by atoms with Crippen LogP contribution < -0.4 is 0 Å². The molecule has 1 aliphatic rings. The molecule has 0 aromatic heterocycles. The van der Waals surface area contributed by atoms with Gasteiger partial charge in [-0.15, -0.1) is 0 Å². The Hall–Kier alpha value is -1.08. The van der Waals surface area contributed by atoms with Crippen LogP contribution in [0.2, 0.25) is 0 Å². The van der Waals surface area contributed by atoms with E-state index in [0.717, 1.165) is 12.8 Å². The molecule has 0 amide bonds. The summed E-state index contributed by atoms with van der Waals surface area (Å²) >= 11 is 0. The van der Waals surface area contributed by atoms with Crippen molar-refractivity contribution in [2.45, 2.75) is 26.7 Å². The van der Waals surface area contributed by atoms with Gasteiger partial charge in [-0.1, -0.05) is 44.2 Å². The van der Waals surface area contributed by atoms with Crippen LogP contribution in [0.3, 0.4) is 0 Å². The van der Waals surface area contributed by atoms with Crippen molar-refractivity contribution in [3.05, 3.63) is 41.5 Å². The Balaban J connectivity index is 2.13. The smallest absolute Gasteiger partial charge is 0.0464 e. The Kier molecular flexibility index (Phi) is 3.45. The van der Waals surface area contributed by atoms with Gasteiger partial charge in [0.2, 0.25) is 0 Å². The van der Waals surface area contributed by atoms with E-state index in [0.29, 0.717) is 11.8 Å². The third-order valence-electron chi connectivity index (χ3n) is 3.59. The summed E-state index contributed by atoms with van der Waals surface area (Å²) in [7, 11) is 0. The van der Waals surface area contributed by atoms with Crippen LogP contribution in [0.5, 0.6) is 0 Å². The molecule has 0 bridgehead atoms. The van der Waals surface area contributed by atoms with Crippen LogP contribution in [-0.2, 0) is 6.42 Å². The summed E-state index contributed by atoms with van der Waals surface area (Å²) in [5, 5.41) is 9.38. The van der Waals surface area contributed by atoms with Crippen molar-refractivity contribution in [3.63, 3.8) is 0 Å². The molecule has 0 aliphatic heterocycles. The van der Waals surface area contributed by atoms with Crippen molar-refractivity contribution in [3.8, 4) is 0 Å². The van der Waals surface area contributed by atoms with Crippen molar-refractivity contribution in [2.24, 2.45) is 11.8 Å². The fourth-order valence-corrected chi connectivity index (χ4v) is 2.34. The molecule has 86 valence electrons. The van der Waals surface area contributed by atoms with Gasteiger partial charge in [-0.2, -0.15) is 0 Å². The van der Waals surface area contributed by atoms with Gasteiger partial charge in [0.05, 0.1) is 0 Å². The Morgan fingerprint density at radius 1 is 1.25 bits per heavy atom. The van der Waals surface area contributed by atoms with Gasteiger partial charge in [-0.3, -0.25) is 0 Å². The van der Waals surface area contributed by atoms with Crippen molar-refractivity contribution in [2.75, 3.05) is 6.61 Å². The third kappa shape index (κ3) is 2.19. The summed E-state index contributed by atoms with van der Waals surface area (Å²) < 4.78 is 0. The van der Waals surface area contributed by atoms with Gasteiger partial charge in [0.15, 0.2) is 0 Å². The second-order valence-corrected chi connectivity index (χ2v) is 4.98. The SMILES string of the molecule is CC(C)[C@H](CO)CC1=CCc2ccccc21. The van der Waals surface area contributed by atoms with Gasteiger partial charge in [-0.25, -0.2) is 0 Å². The van der Waals surface area contributed by atoms with Gasteiger partial charge in [-0.05, 0) is 41.4 Å². The molecule has 0 saturated heterocycles. The van der Waals surface area contributed by atoms with E-state index in [2.05, 4.69) is 44.2 Å². The Bertz CT molecular complexity index is 390. The number of benzene rings is 1. The molecule has 1 atom stereocenters. The van der Waals surface area contributed by atoms with Gasteiger partial charge >= 0.3 is 0 Å². The molecule has 1 heteroatoms. The highest BCUT2D eigenvalue weighted by molar-refractivity contribution is 5.73. The van der Waals surface area contributed by atoms with E-state index in [1.807, 2.05) is 0 Å². The standard InChI is InChI=1S/C15H20O/c1-11(2)14(10-16)9-13-8-7-12-5-3-4-6-15(12)13/h3-6,8,11,14,16H,7,9-10H2,1-2H3/t14-/m0/s1. The number of aliphatic hydroxyl groups excluding tert-OH is 1. The molecule has 1 N–H and O–H groups in total. The quantitative estimate of drug-likeness (QED) is 0.819. The minimum absolute atomic E-state index is 0.289. The first-order valence-corrected chi connectivity index (χ1v) is 6.10. The lowest BCUT2D eigenvalue weighted by atomic mass is 9.88. The van der Waals surface area contributed by atoms with Gasteiger partial charge < -0.3 is 5.11 Å². The van der Waals surface area contributed by atoms with Gasteiger partial charge in [0.25, 0.3) is 0 Å². The molecule has 0 fully saturated rings. The monoisotopic (exact) mass is 216 g/mol. The summed E-state index contributed by atoms with van der Waals surface area (Å²) in [4.78, 5) is 0. The summed E-state index contributed by atoms with van der Waals surface area (Å²) in [6, 6.07) is 8.59.